The first kappa shape index (κ1) is 9.91. The number of carbonyl (C=O) groups excluding carboxylic acids is 1. The minimum atomic E-state index is -0.536. The minimum absolute atomic E-state index is 0.0325. The van der Waals surface area contributed by atoms with Gasteiger partial charge in [0.1, 0.15) is 5.60 Å². The Kier molecular flexibility index (Phi) is 3.31. The molecule has 0 spiro atoms. The van der Waals surface area contributed by atoms with Crippen LogP contribution in [0.3, 0.4) is 0 Å². The summed E-state index contributed by atoms with van der Waals surface area (Å²) >= 11 is 8.14. The van der Waals surface area contributed by atoms with Crippen LogP contribution in [0, 0.1) is 0 Å². The number of rotatable bonds is 1. The van der Waals surface area contributed by atoms with Crippen molar-refractivity contribution in [2.75, 3.05) is 0 Å². The Morgan fingerprint density at radius 1 is 1.50 bits per heavy atom. The van der Waals surface area contributed by atoms with Gasteiger partial charge in [0, 0.05) is 0 Å². The summed E-state index contributed by atoms with van der Waals surface area (Å²) < 4.78 is 4.81. The summed E-state index contributed by atoms with van der Waals surface area (Å²) in [6.07, 6.45) is 0. The number of ether oxygens (including phenoxy) is 1. The van der Waals surface area contributed by atoms with Crippen molar-refractivity contribution in [1.82, 2.24) is 0 Å². The van der Waals surface area contributed by atoms with Crippen LogP contribution in [0.2, 0.25) is 0 Å². The zero-order valence-electron chi connectivity index (χ0n) is 6.17. The molecule has 0 rings (SSSR count). The number of thiol groups is 1. The number of esters is 1. The fourth-order valence-electron chi connectivity index (χ4n) is 0.322. The van der Waals surface area contributed by atoms with Gasteiger partial charge in [0.2, 0.25) is 0 Å². The topological polar surface area (TPSA) is 26.3 Å². The third-order valence-electron chi connectivity index (χ3n) is 0.574. The molecular formula is C6H10O2S2. The summed E-state index contributed by atoms with van der Waals surface area (Å²) in [5.41, 5.74) is -0.482. The van der Waals surface area contributed by atoms with Gasteiger partial charge in [0.25, 0.3) is 0 Å². The van der Waals surface area contributed by atoms with E-state index < -0.39 is 11.6 Å². The van der Waals surface area contributed by atoms with Crippen molar-refractivity contribution in [2.24, 2.45) is 0 Å². The standard InChI is InChI=1S/C6H10O2S2/c1-6(2,3)8-4(7)5(9)10/h1-3H3,(H,9,10). The van der Waals surface area contributed by atoms with Gasteiger partial charge >= 0.3 is 5.97 Å². The Balaban J connectivity index is 3.93. The highest BCUT2D eigenvalue weighted by molar-refractivity contribution is 8.13. The molecule has 0 radical (unpaired) electrons. The SMILES string of the molecule is CC(C)(C)OC(=O)C(=S)S. The number of carbonyl (C=O) groups is 1. The van der Waals surface area contributed by atoms with Crippen molar-refractivity contribution in [3.63, 3.8) is 0 Å². The van der Waals surface area contributed by atoms with E-state index in [0.29, 0.717) is 0 Å². The highest BCUT2D eigenvalue weighted by atomic mass is 32.1. The second kappa shape index (κ2) is 3.34. The highest BCUT2D eigenvalue weighted by Crippen LogP contribution is 2.07. The van der Waals surface area contributed by atoms with Gasteiger partial charge in [0.05, 0.1) is 0 Å². The molecule has 58 valence electrons. The highest BCUT2D eigenvalue weighted by Gasteiger charge is 2.17. The molecule has 0 atom stereocenters. The Morgan fingerprint density at radius 2 is 1.90 bits per heavy atom. The summed E-state index contributed by atoms with van der Waals surface area (Å²) in [4.78, 5) is 10.7. The first-order valence-corrected chi connectivity index (χ1v) is 3.65. The lowest BCUT2D eigenvalue weighted by molar-refractivity contribution is -0.145. The third kappa shape index (κ3) is 4.76. The minimum Gasteiger partial charge on any atom is -0.455 e. The van der Waals surface area contributed by atoms with Crippen LogP contribution in [0.4, 0.5) is 0 Å². The van der Waals surface area contributed by atoms with Crippen LogP contribution in [0.15, 0.2) is 0 Å². The van der Waals surface area contributed by atoms with E-state index in [-0.39, 0.29) is 4.20 Å². The van der Waals surface area contributed by atoms with Gasteiger partial charge in [-0.15, -0.1) is 12.6 Å². The second-order valence-corrected chi connectivity index (χ2v) is 3.97. The van der Waals surface area contributed by atoms with Crippen molar-refractivity contribution in [1.29, 1.82) is 0 Å². The maximum atomic E-state index is 10.7. The van der Waals surface area contributed by atoms with E-state index in [4.69, 9.17) is 4.74 Å². The van der Waals surface area contributed by atoms with Crippen molar-refractivity contribution in [3.05, 3.63) is 0 Å². The molecule has 10 heavy (non-hydrogen) atoms. The lowest BCUT2D eigenvalue weighted by atomic mass is 10.2. The van der Waals surface area contributed by atoms with E-state index in [2.05, 4.69) is 24.8 Å². The molecule has 0 N–H and O–H groups in total. The number of hydrogen-bond donors (Lipinski definition) is 1. The van der Waals surface area contributed by atoms with E-state index in [0.717, 1.165) is 0 Å². The largest absolute Gasteiger partial charge is 0.455 e. The van der Waals surface area contributed by atoms with E-state index in [9.17, 15) is 4.79 Å². The molecule has 0 saturated heterocycles. The average molecular weight is 178 g/mol. The zero-order valence-corrected chi connectivity index (χ0v) is 7.88. The van der Waals surface area contributed by atoms with Gasteiger partial charge in [-0.25, -0.2) is 4.79 Å². The number of thiocarbonyl (C=S) groups is 1. The van der Waals surface area contributed by atoms with Crippen molar-refractivity contribution >= 4 is 35.0 Å². The summed E-state index contributed by atoms with van der Waals surface area (Å²) in [6, 6.07) is 0. The van der Waals surface area contributed by atoms with Gasteiger partial charge < -0.3 is 4.74 Å². The first-order chi connectivity index (χ1) is 4.33. The summed E-state index contributed by atoms with van der Waals surface area (Å²) in [7, 11) is 0. The van der Waals surface area contributed by atoms with Gasteiger partial charge in [-0.1, -0.05) is 12.2 Å². The third-order valence-corrected chi connectivity index (χ3v) is 0.923. The van der Waals surface area contributed by atoms with Crippen LogP contribution in [0.1, 0.15) is 20.8 Å². The molecule has 0 amide bonds. The Hall–Kier alpha value is -0.0900. The van der Waals surface area contributed by atoms with Crippen molar-refractivity contribution < 1.29 is 9.53 Å². The summed E-state index contributed by atoms with van der Waals surface area (Å²) in [6.45, 7) is 5.32. The van der Waals surface area contributed by atoms with Crippen LogP contribution in [0.5, 0.6) is 0 Å². The Morgan fingerprint density at radius 3 is 2.00 bits per heavy atom. The van der Waals surface area contributed by atoms with Crippen LogP contribution < -0.4 is 0 Å². The fraction of sp³-hybridized carbons (Fsp3) is 0.667. The smallest absolute Gasteiger partial charge is 0.356 e. The quantitative estimate of drug-likeness (QED) is 0.375. The maximum absolute atomic E-state index is 10.7. The van der Waals surface area contributed by atoms with Gasteiger partial charge in [-0.3, -0.25) is 0 Å². The molecule has 0 bridgehead atoms. The van der Waals surface area contributed by atoms with E-state index in [1.54, 1.807) is 20.8 Å². The van der Waals surface area contributed by atoms with Crippen LogP contribution >= 0.6 is 24.8 Å². The molecule has 0 aromatic heterocycles. The Bertz CT molecular complexity index is 158. The monoisotopic (exact) mass is 178 g/mol. The van der Waals surface area contributed by atoms with Crippen molar-refractivity contribution in [3.8, 4) is 0 Å². The van der Waals surface area contributed by atoms with Gasteiger partial charge in [0.15, 0.2) is 4.20 Å². The van der Waals surface area contributed by atoms with Crippen LogP contribution in [-0.2, 0) is 9.53 Å². The molecular weight excluding hydrogens is 168 g/mol. The van der Waals surface area contributed by atoms with E-state index >= 15 is 0 Å². The van der Waals surface area contributed by atoms with Gasteiger partial charge in [-0.2, -0.15) is 0 Å². The maximum Gasteiger partial charge on any atom is 0.356 e. The van der Waals surface area contributed by atoms with Crippen LogP contribution in [0.25, 0.3) is 0 Å². The summed E-state index contributed by atoms with van der Waals surface area (Å²) in [5.74, 6) is -0.536. The summed E-state index contributed by atoms with van der Waals surface area (Å²) in [5, 5.41) is 0. The molecule has 0 aliphatic heterocycles. The average Bonchev–Trinajstić information content (AvgIpc) is 1.60. The van der Waals surface area contributed by atoms with Crippen molar-refractivity contribution in [2.45, 2.75) is 26.4 Å². The fourth-order valence-corrected chi connectivity index (χ4v) is 0.409. The predicted molar refractivity (Wildman–Crippen MR) is 47.4 cm³/mol. The first-order valence-electron chi connectivity index (χ1n) is 2.79. The zero-order chi connectivity index (χ0) is 8.36. The molecule has 0 saturated carbocycles. The second-order valence-electron chi connectivity index (χ2n) is 2.81. The number of hydrogen-bond acceptors (Lipinski definition) is 3. The molecule has 4 heteroatoms. The molecule has 2 nitrogen and oxygen atoms in total. The molecule has 0 aliphatic carbocycles. The molecule has 0 aromatic carbocycles. The predicted octanol–water partition coefficient (Wildman–Crippen LogP) is 1.59. The lowest BCUT2D eigenvalue weighted by Crippen LogP contribution is -2.26. The molecule has 0 aliphatic rings. The molecule has 0 aromatic rings. The molecule has 0 unspecified atom stereocenters. The van der Waals surface area contributed by atoms with Crippen LogP contribution in [-0.4, -0.2) is 15.8 Å². The normalized spacial score (nSPS) is 10.8. The molecule has 0 heterocycles. The molecule has 0 fully saturated rings. The Labute approximate surface area is 71.4 Å². The van der Waals surface area contributed by atoms with Gasteiger partial charge in [-0.05, 0) is 20.8 Å². The van der Waals surface area contributed by atoms with E-state index in [1.807, 2.05) is 0 Å². The van der Waals surface area contributed by atoms with E-state index in [1.165, 1.54) is 0 Å². The lowest BCUT2D eigenvalue weighted by Gasteiger charge is -2.18.